The predicted octanol–water partition coefficient (Wildman–Crippen LogP) is 6.77. The number of aliphatic hydroxyl groups is 1. The summed E-state index contributed by atoms with van der Waals surface area (Å²) >= 11 is -0.789. The monoisotopic (exact) mass is 374 g/mol. The highest BCUT2D eigenvalue weighted by Crippen LogP contribution is 2.14. The molecule has 3 heteroatoms. The lowest BCUT2D eigenvalue weighted by Gasteiger charge is -2.08. The van der Waals surface area contributed by atoms with Gasteiger partial charge < -0.3 is 9.66 Å². The molecule has 25 heavy (non-hydrogen) atoms. The number of hydrogen-bond donors (Lipinski definition) is 1. The first-order valence-corrected chi connectivity index (χ1v) is 12.8. The van der Waals surface area contributed by atoms with E-state index in [2.05, 4.69) is 6.92 Å². The Labute approximate surface area is 161 Å². The summed E-state index contributed by atoms with van der Waals surface area (Å²) in [6.45, 7) is 2.35. The Morgan fingerprint density at radius 2 is 0.840 bits per heavy atom. The molecule has 0 amide bonds. The SMILES string of the molecule is CCCCCCCCCCCCCCCCCCCC[S+]([O-])CCO. The fourth-order valence-electron chi connectivity index (χ4n) is 3.37. The van der Waals surface area contributed by atoms with Gasteiger partial charge in [-0.15, -0.1) is 0 Å². The normalized spacial score (nSPS) is 12.6. The molecule has 0 aromatic carbocycles. The number of aliphatic hydroxyl groups excluding tert-OH is 1. The predicted molar refractivity (Wildman–Crippen MR) is 114 cm³/mol. The fraction of sp³-hybridized carbons (Fsp3) is 1.00. The minimum Gasteiger partial charge on any atom is -0.616 e. The zero-order valence-corrected chi connectivity index (χ0v) is 17.9. The second-order valence-corrected chi connectivity index (χ2v) is 9.28. The van der Waals surface area contributed by atoms with Crippen molar-refractivity contribution < 1.29 is 9.66 Å². The van der Waals surface area contributed by atoms with E-state index < -0.39 is 11.2 Å². The maximum Gasteiger partial charge on any atom is 0.128 e. The Bertz CT molecular complexity index is 236. The van der Waals surface area contributed by atoms with Crippen LogP contribution in [-0.2, 0) is 11.2 Å². The minimum atomic E-state index is -0.789. The van der Waals surface area contributed by atoms with Gasteiger partial charge in [-0.2, -0.15) is 0 Å². The molecule has 1 N–H and O–H groups in total. The molecule has 0 saturated carbocycles. The third-order valence-corrected chi connectivity index (χ3v) is 6.43. The van der Waals surface area contributed by atoms with Crippen molar-refractivity contribution in [2.45, 2.75) is 122 Å². The molecule has 0 aliphatic heterocycles. The van der Waals surface area contributed by atoms with E-state index in [0.717, 1.165) is 12.2 Å². The Morgan fingerprint density at radius 3 is 1.16 bits per heavy atom. The lowest BCUT2D eigenvalue weighted by atomic mass is 10.0. The minimum absolute atomic E-state index is 0.0612. The summed E-state index contributed by atoms with van der Waals surface area (Å²) < 4.78 is 11.4. The standard InChI is InChI=1S/C22H46O2S/c1-2-3-4-5-6-7-8-9-10-11-12-13-14-15-16-17-18-19-21-25(24)22-20-23/h23H,2-22H2,1H3. The van der Waals surface area contributed by atoms with Crippen LogP contribution in [0.1, 0.15) is 122 Å². The molecule has 0 spiro atoms. The Balaban J connectivity index is 3.00. The molecule has 1 atom stereocenters. The van der Waals surface area contributed by atoms with Crippen LogP contribution in [-0.4, -0.2) is 27.8 Å². The third kappa shape index (κ3) is 22.2. The zero-order valence-electron chi connectivity index (χ0n) is 17.1. The molecule has 0 aliphatic carbocycles. The van der Waals surface area contributed by atoms with Gasteiger partial charge in [0.25, 0.3) is 0 Å². The van der Waals surface area contributed by atoms with Crippen molar-refractivity contribution in [3.8, 4) is 0 Å². The zero-order chi connectivity index (χ0) is 18.4. The van der Waals surface area contributed by atoms with Gasteiger partial charge in [0, 0.05) is 0 Å². The van der Waals surface area contributed by atoms with Crippen LogP contribution in [0.3, 0.4) is 0 Å². The van der Waals surface area contributed by atoms with E-state index in [1.165, 1.54) is 109 Å². The summed E-state index contributed by atoms with van der Waals surface area (Å²) in [5.41, 5.74) is 0. The van der Waals surface area contributed by atoms with Crippen molar-refractivity contribution in [1.29, 1.82) is 0 Å². The number of rotatable bonds is 21. The van der Waals surface area contributed by atoms with E-state index in [0.29, 0.717) is 5.75 Å². The number of hydrogen-bond acceptors (Lipinski definition) is 2. The van der Waals surface area contributed by atoms with Gasteiger partial charge in [0.05, 0.1) is 6.61 Å². The second kappa shape index (κ2) is 22.3. The molecule has 152 valence electrons. The lowest BCUT2D eigenvalue weighted by molar-refractivity contribution is 0.319. The highest BCUT2D eigenvalue weighted by molar-refractivity contribution is 7.91. The Hall–Kier alpha value is 0.270. The summed E-state index contributed by atoms with van der Waals surface area (Å²) in [5.74, 6) is 1.23. The van der Waals surface area contributed by atoms with Crippen LogP contribution >= 0.6 is 0 Å². The smallest absolute Gasteiger partial charge is 0.128 e. The molecule has 0 fully saturated rings. The van der Waals surface area contributed by atoms with E-state index in [9.17, 15) is 4.55 Å². The Kier molecular flexibility index (Phi) is 22.6. The van der Waals surface area contributed by atoms with Gasteiger partial charge >= 0.3 is 0 Å². The van der Waals surface area contributed by atoms with Gasteiger partial charge in [-0.3, -0.25) is 0 Å². The fourth-order valence-corrected chi connectivity index (χ4v) is 4.30. The molecule has 0 heterocycles. The highest BCUT2D eigenvalue weighted by Gasteiger charge is 2.03. The summed E-state index contributed by atoms with van der Waals surface area (Å²) in [6.07, 6.45) is 24.9. The topological polar surface area (TPSA) is 43.3 Å². The van der Waals surface area contributed by atoms with Crippen LogP contribution in [0.2, 0.25) is 0 Å². The summed E-state index contributed by atoms with van der Waals surface area (Å²) in [4.78, 5) is 0. The molecule has 0 aromatic rings. The van der Waals surface area contributed by atoms with Crippen molar-refractivity contribution >= 4 is 11.2 Å². The quantitative estimate of drug-likeness (QED) is 0.178. The van der Waals surface area contributed by atoms with Gasteiger partial charge in [-0.25, -0.2) is 0 Å². The number of unbranched alkanes of at least 4 members (excludes halogenated alkanes) is 17. The van der Waals surface area contributed by atoms with Gasteiger partial charge in [0.2, 0.25) is 0 Å². The Morgan fingerprint density at radius 1 is 0.520 bits per heavy atom. The summed E-state index contributed by atoms with van der Waals surface area (Å²) in [7, 11) is 0. The molecule has 2 nitrogen and oxygen atoms in total. The van der Waals surface area contributed by atoms with Crippen LogP contribution in [0, 0.1) is 0 Å². The molecule has 0 bridgehead atoms. The first kappa shape index (κ1) is 25.3. The van der Waals surface area contributed by atoms with E-state index >= 15 is 0 Å². The van der Waals surface area contributed by atoms with E-state index in [1.54, 1.807) is 0 Å². The van der Waals surface area contributed by atoms with Gasteiger partial charge in [0.15, 0.2) is 0 Å². The van der Waals surface area contributed by atoms with E-state index in [1.807, 2.05) is 0 Å². The molecule has 0 aromatic heterocycles. The van der Waals surface area contributed by atoms with Crippen molar-refractivity contribution in [2.24, 2.45) is 0 Å². The van der Waals surface area contributed by atoms with Crippen molar-refractivity contribution in [1.82, 2.24) is 0 Å². The van der Waals surface area contributed by atoms with Crippen LogP contribution in [0.4, 0.5) is 0 Å². The lowest BCUT2D eigenvalue weighted by Crippen LogP contribution is -2.13. The highest BCUT2D eigenvalue weighted by atomic mass is 32.2. The molecule has 1 unspecified atom stereocenters. The summed E-state index contributed by atoms with van der Waals surface area (Å²) in [6, 6.07) is 0. The maximum atomic E-state index is 11.4. The van der Waals surface area contributed by atoms with E-state index in [4.69, 9.17) is 5.11 Å². The van der Waals surface area contributed by atoms with Crippen molar-refractivity contribution in [2.75, 3.05) is 18.1 Å². The molecule has 0 aliphatic rings. The van der Waals surface area contributed by atoms with Crippen LogP contribution in [0.15, 0.2) is 0 Å². The summed E-state index contributed by atoms with van der Waals surface area (Å²) in [5, 5.41) is 8.70. The maximum absolute atomic E-state index is 11.4. The van der Waals surface area contributed by atoms with Gasteiger partial charge in [-0.1, -0.05) is 121 Å². The molecular formula is C22H46O2S. The molecular weight excluding hydrogens is 328 g/mol. The van der Waals surface area contributed by atoms with Gasteiger partial charge in [-0.05, 0) is 12.8 Å². The third-order valence-electron chi connectivity index (χ3n) is 5.04. The van der Waals surface area contributed by atoms with Crippen LogP contribution in [0.25, 0.3) is 0 Å². The second-order valence-electron chi connectivity index (χ2n) is 7.58. The molecule has 0 rings (SSSR count). The van der Waals surface area contributed by atoms with Crippen LogP contribution < -0.4 is 0 Å². The van der Waals surface area contributed by atoms with Crippen LogP contribution in [0.5, 0.6) is 0 Å². The molecule has 0 saturated heterocycles. The average Bonchev–Trinajstić information content (AvgIpc) is 2.61. The van der Waals surface area contributed by atoms with Crippen molar-refractivity contribution in [3.63, 3.8) is 0 Å². The van der Waals surface area contributed by atoms with Crippen molar-refractivity contribution in [3.05, 3.63) is 0 Å². The largest absolute Gasteiger partial charge is 0.616 e. The van der Waals surface area contributed by atoms with Gasteiger partial charge in [0.1, 0.15) is 11.5 Å². The first-order chi connectivity index (χ1) is 12.3. The van der Waals surface area contributed by atoms with E-state index in [-0.39, 0.29) is 6.61 Å². The molecule has 0 radical (unpaired) electrons. The average molecular weight is 375 g/mol. The first-order valence-electron chi connectivity index (χ1n) is 11.3.